The summed E-state index contributed by atoms with van der Waals surface area (Å²) in [6, 6.07) is 11.3. The Bertz CT molecular complexity index is 1190. The number of rotatable bonds is 4. The Labute approximate surface area is 201 Å². The Kier molecular flexibility index (Phi) is 6.25. The van der Waals surface area contributed by atoms with E-state index in [1.807, 2.05) is 0 Å². The number of hydrogen-bond acceptors (Lipinski definition) is 4. The number of aliphatic hydroxyl groups is 1. The van der Waals surface area contributed by atoms with Gasteiger partial charge in [-0.1, -0.05) is 35.9 Å². The molecule has 2 saturated heterocycles. The van der Waals surface area contributed by atoms with Gasteiger partial charge in [0.1, 0.15) is 4.90 Å². The standard InChI is InChI=1S/C23H24ClF3N2O4S/c1-21(31,23(25,26)27)16-6-8-17(9-7-16)29-15-12-22(20(29)30)10-13-28(14-11-22)34(32,33)19-5-3-2-4-18(19)24/h2-9,31H,10-15H2,1H3. The molecular formula is C23H24ClF3N2O4S. The Morgan fingerprint density at radius 2 is 1.53 bits per heavy atom. The van der Waals surface area contributed by atoms with Gasteiger partial charge in [-0.15, -0.1) is 0 Å². The van der Waals surface area contributed by atoms with E-state index in [9.17, 15) is 31.5 Å². The van der Waals surface area contributed by atoms with Crippen LogP contribution < -0.4 is 4.90 Å². The van der Waals surface area contributed by atoms with Gasteiger partial charge in [0.25, 0.3) is 0 Å². The van der Waals surface area contributed by atoms with Crippen LogP contribution in [0.5, 0.6) is 0 Å². The van der Waals surface area contributed by atoms with Crippen LogP contribution in [0.25, 0.3) is 0 Å². The zero-order valence-electron chi connectivity index (χ0n) is 18.3. The molecule has 34 heavy (non-hydrogen) atoms. The summed E-state index contributed by atoms with van der Waals surface area (Å²) in [7, 11) is -3.79. The molecule has 11 heteroatoms. The quantitative estimate of drug-likeness (QED) is 0.656. The number of benzene rings is 2. The predicted octanol–water partition coefficient (Wildman–Crippen LogP) is 4.32. The molecule has 6 nitrogen and oxygen atoms in total. The van der Waals surface area contributed by atoms with Crippen molar-refractivity contribution in [2.75, 3.05) is 24.5 Å². The second kappa shape index (κ2) is 8.51. The van der Waals surface area contributed by atoms with Gasteiger partial charge >= 0.3 is 6.18 Å². The molecule has 4 rings (SSSR count). The first-order valence-corrected chi connectivity index (χ1v) is 12.6. The van der Waals surface area contributed by atoms with Gasteiger partial charge in [0.05, 0.1) is 10.4 Å². The summed E-state index contributed by atoms with van der Waals surface area (Å²) >= 11 is 6.08. The van der Waals surface area contributed by atoms with E-state index in [2.05, 4.69) is 0 Å². The normalized spacial score (nSPS) is 21.1. The average molecular weight is 517 g/mol. The van der Waals surface area contributed by atoms with E-state index in [0.717, 1.165) is 0 Å². The molecule has 1 N–H and O–H groups in total. The van der Waals surface area contributed by atoms with E-state index in [1.54, 1.807) is 12.1 Å². The monoisotopic (exact) mass is 516 g/mol. The summed E-state index contributed by atoms with van der Waals surface area (Å²) in [5.74, 6) is -0.169. The molecule has 2 aromatic rings. The number of anilines is 1. The smallest absolute Gasteiger partial charge is 0.376 e. The average Bonchev–Trinajstić information content (AvgIpc) is 3.09. The van der Waals surface area contributed by atoms with E-state index in [1.165, 1.54) is 45.6 Å². The van der Waals surface area contributed by atoms with Crippen molar-refractivity contribution in [1.82, 2.24) is 4.31 Å². The second-order valence-corrected chi connectivity index (χ2v) is 11.3. The molecule has 1 unspecified atom stereocenters. The largest absolute Gasteiger partial charge is 0.421 e. The van der Waals surface area contributed by atoms with Crippen LogP contribution in [-0.4, -0.2) is 49.5 Å². The molecule has 1 amide bonds. The van der Waals surface area contributed by atoms with Crippen molar-refractivity contribution in [1.29, 1.82) is 0 Å². The van der Waals surface area contributed by atoms with Crippen LogP contribution in [0, 0.1) is 5.41 Å². The lowest BCUT2D eigenvalue weighted by Gasteiger charge is -2.37. The molecule has 0 radical (unpaired) electrons. The van der Waals surface area contributed by atoms with Crippen LogP contribution in [0.3, 0.4) is 0 Å². The lowest BCUT2D eigenvalue weighted by molar-refractivity contribution is -0.258. The molecule has 0 bridgehead atoms. The Morgan fingerprint density at radius 3 is 2.09 bits per heavy atom. The topological polar surface area (TPSA) is 77.9 Å². The van der Waals surface area contributed by atoms with Crippen LogP contribution in [0.4, 0.5) is 18.9 Å². The first-order valence-electron chi connectivity index (χ1n) is 10.8. The fourth-order valence-corrected chi connectivity index (χ4v) is 6.54. The number of carbonyl (C=O) groups is 1. The zero-order chi connectivity index (χ0) is 24.9. The molecule has 0 aromatic heterocycles. The van der Waals surface area contributed by atoms with E-state index in [-0.39, 0.29) is 34.5 Å². The first-order chi connectivity index (χ1) is 15.8. The minimum absolute atomic E-state index is 0.0295. The number of halogens is 4. The summed E-state index contributed by atoms with van der Waals surface area (Å²) in [6.07, 6.45) is -3.63. The first kappa shape index (κ1) is 25.0. The summed E-state index contributed by atoms with van der Waals surface area (Å²) in [5.41, 5.74) is -3.59. The lowest BCUT2D eigenvalue weighted by Crippen LogP contribution is -2.46. The van der Waals surface area contributed by atoms with Crippen LogP contribution in [0.15, 0.2) is 53.4 Å². The fourth-order valence-electron chi connectivity index (χ4n) is 4.61. The van der Waals surface area contributed by atoms with Gasteiger partial charge in [0, 0.05) is 25.3 Å². The van der Waals surface area contributed by atoms with Gasteiger partial charge < -0.3 is 10.0 Å². The zero-order valence-corrected chi connectivity index (χ0v) is 19.9. The summed E-state index contributed by atoms with van der Waals surface area (Å²) < 4.78 is 66.6. The van der Waals surface area contributed by atoms with E-state index >= 15 is 0 Å². The molecule has 2 heterocycles. The van der Waals surface area contributed by atoms with Crippen molar-refractivity contribution >= 4 is 33.2 Å². The van der Waals surface area contributed by atoms with Gasteiger partial charge in [-0.2, -0.15) is 17.5 Å². The third-order valence-electron chi connectivity index (χ3n) is 6.94. The number of piperidine rings is 1. The Hall–Kier alpha value is -2.14. The number of alkyl halides is 3. The molecule has 2 fully saturated rings. The highest BCUT2D eigenvalue weighted by Crippen LogP contribution is 2.45. The number of sulfonamides is 1. The molecule has 184 valence electrons. The predicted molar refractivity (Wildman–Crippen MR) is 121 cm³/mol. The molecule has 2 aliphatic heterocycles. The number of hydrogen-bond donors (Lipinski definition) is 1. The number of amides is 1. The SMILES string of the molecule is CC(O)(c1ccc(N2CCC3(CCN(S(=O)(=O)c4ccccc4Cl)CC3)C2=O)cc1)C(F)(F)F. The van der Waals surface area contributed by atoms with E-state index < -0.39 is 27.2 Å². The Morgan fingerprint density at radius 1 is 0.971 bits per heavy atom. The number of carbonyl (C=O) groups excluding carboxylic acids is 1. The highest BCUT2D eigenvalue weighted by atomic mass is 35.5. The van der Waals surface area contributed by atoms with Crippen molar-refractivity contribution in [3.05, 3.63) is 59.1 Å². The highest BCUT2D eigenvalue weighted by Gasteiger charge is 2.52. The molecule has 2 aliphatic rings. The summed E-state index contributed by atoms with van der Waals surface area (Å²) in [5, 5.41) is 9.99. The summed E-state index contributed by atoms with van der Waals surface area (Å²) in [6.45, 7) is 1.40. The highest BCUT2D eigenvalue weighted by molar-refractivity contribution is 7.89. The molecule has 0 saturated carbocycles. The van der Waals surface area contributed by atoms with Crippen molar-refractivity contribution in [3.63, 3.8) is 0 Å². The molecule has 1 spiro atoms. The van der Waals surface area contributed by atoms with Crippen molar-refractivity contribution in [2.24, 2.45) is 5.41 Å². The van der Waals surface area contributed by atoms with Crippen molar-refractivity contribution in [3.8, 4) is 0 Å². The van der Waals surface area contributed by atoms with Crippen molar-refractivity contribution in [2.45, 2.75) is 42.9 Å². The maximum absolute atomic E-state index is 13.3. The van der Waals surface area contributed by atoms with E-state index in [0.29, 0.717) is 38.4 Å². The van der Waals surface area contributed by atoms with Crippen molar-refractivity contribution < 1.29 is 31.5 Å². The van der Waals surface area contributed by atoms with Gasteiger partial charge in [-0.25, -0.2) is 8.42 Å². The Balaban J connectivity index is 1.48. The van der Waals surface area contributed by atoms with Crippen LogP contribution in [0.2, 0.25) is 5.02 Å². The van der Waals surface area contributed by atoms with E-state index in [4.69, 9.17) is 11.6 Å². The lowest BCUT2D eigenvalue weighted by atomic mass is 9.77. The van der Waals surface area contributed by atoms with Crippen LogP contribution >= 0.6 is 11.6 Å². The summed E-state index contributed by atoms with van der Waals surface area (Å²) in [4.78, 5) is 14.9. The van der Waals surface area contributed by atoms with Gasteiger partial charge in [0.15, 0.2) is 5.60 Å². The second-order valence-electron chi connectivity index (χ2n) is 8.94. The molecular weight excluding hydrogens is 493 g/mol. The molecule has 1 atom stereocenters. The van der Waals surface area contributed by atoms with Crippen LogP contribution in [0.1, 0.15) is 31.7 Å². The third-order valence-corrected chi connectivity index (χ3v) is 9.34. The molecule has 0 aliphatic carbocycles. The van der Waals surface area contributed by atoms with Gasteiger partial charge in [-0.3, -0.25) is 4.79 Å². The minimum Gasteiger partial charge on any atom is -0.376 e. The number of nitrogens with zero attached hydrogens (tertiary/aromatic N) is 2. The fraction of sp³-hybridized carbons (Fsp3) is 0.435. The van der Waals surface area contributed by atoms with Crippen LogP contribution in [-0.2, 0) is 20.4 Å². The third kappa shape index (κ3) is 4.10. The minimum atomic E-state index is -4.83. The van der Waals surface area contributed by atoms with Gasteiger partial charge in [-0.05, 0) is 56.0 Å². The van der Waals surface area contributed by atoms with Gasteiger partial charge in [0.2, 0.25) is 15.9 Å². The maximum Gasteiger partial charge on any atom is 0.421 e. The molecule has 2 aromatic carbocycles. The maximum atomic E-state index is 13.3.